The molecule has 4 nitrogen and oxygen atoms in total. The Morgan fingerprint density at radius 1 is 1.04 bits per heavy atom. The number of nitrogens with zero attached hydrogens (tertiary/aromatic N) is 1. The number of nitrogens with one attached hydrogen (secondary N) is 1. The summed E-state index contributed by atoms with van der Waals surface area (Å²) in [5, 5.41) is 3.08. The van der Waals surface area contributed by atoms with Crippen LogP contribution in [0.2, 0.25) is 0 Å². The second-order valence-electron chi connectivity index (χ2n) is 6.93. The first-order chi connectivity index (χ1) is 13.6. The van der Waals surface area contributed by atoms with Gasteiger partial charge in [0.15, 0.2) is 0 Å². The number of benzene rings is 2. The number of carbonyl (C=O) groups is 2. The lowest BCUT2D eigenvalue weighted by molar-refractivity contribution is -0.129. The van der Waals surface area contributed by atoms with Crippen LogP contribution in [0.5, 0.6) is 0 Å². The fraction of sp³-hybridized carbons (Fsp3) is 0.364. The minimum atomic E-state index is -0.294. The van der Waals surface area contributed by atoms with Crippen LogP contribution < -0.4 is 5.32 Å². The highest BCUT2D eigenvalue weighted by atomic mass is 32.2. The Morgan fingerprint density at radius 2 is 1.71 bits per heavy atom. The number of likely N-dealkylation sites (tertiary alicyclic amines) is 1. The molecule has 0 aliphatic carbocycles. The average molecular weight is 401 g/mol. The van der Waals surface area contributed by atoms with Gasteiger partial charge in [0.25, 0.3) is 0 Å². The van der Waals surface area contributed by atoms with E-state index in [2.05, 4.69) is 5.32 Å². The third-order valence-electron chi connectivity index (χ3n) is 4.88. The van der Waals surface area contributed by atoms with Crippen molar-refractivity contribution in [3.05, 3.63) is 66.0 Å². The normalized spacial score (nSPS) is 14.7. The third-order valence-corrected chi connectivity index (χ3v) is 5.92. The van der Waals surface area contributed by atoms with Crippen molar-refractivity contribution in [1.29, 1.82) is 0 Å². The van der Waals surface area contributed by atoms with Gasteiger partial charge in [-0.15, -0.1) is 11.8 Å². The molecule has 3 rings (SSSR count). The highest BCUT2D eigenvalue weighted by molar-refractivity contribution is 8.00. The molecule has 1 saturated heterocycles. The standard InChI is InChI=1S/C22H25FN2O2S/c23-19-8-4-5-9-20(19)28-16-22(27)25-14-12-18(13-15-25)24-21(26)11-10-17-6-2-1-3-7-17/h1-9,18H,10-16H2,(H,24,26). The van der Waals surface area contributed by atoms with Crippen LogP contribution in [0, 0.1) is 5.82 Å². The lowest BCUT2D eigenvalue weighted by Crippen LogP contribution is -2.47. The first kappa shape index (κ1) is 20.4. The SMILES string of the molecule is O=C(CCc1ccccc1)NC1CCN(C(=O)CSc2ccccc2F)CC1. The van der Waals surface area contributed by atoms with Gasteiger partial charge in [0.05, 0.1) is 5.75 Å². The summed E-state index contributed by atoms with van der Waals surface area (Å²) >= 11 is 1.23. The summed E-state index contributed by atoms with van der Waals surface area (Å²) in [6.45, 7) is 1.25. The smallest absolute Gasteiger partial charge is 0.232 e. The molecule has 0 spiro atoms. The van der Waals surface area contributed by atoms with Gasteiger partial charge in [-0.2, -0.15) is 0 Å². The summed E-state index contributed by atoms with van der Waals surface area (Å²) in [5.41, 5.74) is 1.16. The first-order valence-corrected chi connectivity index (χ1v) is 10.6. The summed E-state index contributed by atoms with van der Waals surface area (Å²) in [5.74, 6) is 0.0118. The lowest BCUT2D eigenvalue weighted by Gasteiger charge is -2.32. The molecule has 28 heavy (non-hydrogen) atoms. The van der Waals surface area contributed by atoms with Crippen molar-refractivity contribution in [3.8, 4) is 0 Å². The number of piperidine rings is 1. The van der Waals surface area contributed by atoms with Crippen LogP contribution >= 0.6 is 11.8 Å². The minimum absolute atomic E-state index is 0.0158. The Bertz CT molecular complexity index is 792. The molecular formula is C22H25FN2O2S. The van der Waals surface area contributed by atoms with Gasteiger partial charge in [-0.1, -0.05) is 42.5 Å². The van der Waals surface area contributed by atoms with Crippen LogP contribution in [0.1, 0.15) is 24.8 Å². The molecule has 148 valence electrons. The Kier molecular flexibility index (Phi) is 7.48. The van der Waals surface area contributed by atoms with Crippen molar-refractivity contribution < 1.29 is 14.0 Å². The van der Waals surface area contributed by atoms with E-state index in [1.807, 2.05) is 30.3 Å². The molecule has 1 fully saturated rings. The van der Waals surface area contributed by atoms with Crippen LogP contribution in [0.25, 0.3) is 0 Å². The van der Waals surface area contributed by atoms with Crippen molar-refractivity contribution in [1.82, 2.24) is 10.2 Å². The number of thioether (sulfide) groups is 1. The molecule has 1 aliphatic rings. The largest absolute Gasteiger partial charge is 0.353 e. The van der Waals surface area contributed by atoms with Crippen molar-refractivity contribution in [2.24, 2.45) is 0 Å². The first-order valence-electron chi connectivity index (χ1n) is 9.60. The zero-order chi connectivity index (χ0) is 19.8. The monoisotopic (exact) mass is 400 g/mol. The number of hydrogen-bond donors (Lipinski definition) is 1. The van der Waals surface area contributed by atoms with Gasteiger partial charge < -0.3 is 10.2 Å². The van der Waals surface area contributed by atoms with Gasteiger partial charge in [0.1, 0.15) is 5.82 Å². The molecule has 0 aromatic heterocycles. The maximum Gasteiger partial charge on any atom is 0.232 e. The van der Waals surface area contributed by atoms with Gasteiger partial charge in [0, 0.05) is 30.4 Å². The lowest BCUT2D eigenvalue weighted by atomic mass is 10.0. The second-order valence-corrected chi connectivity index (χ2v) is 7.94. The van der Waals surface area contributed by atoms with Crippen LogP contribution in [0.3, 0.4) is 0 Å². The highest BCUT2D eigenvalue weighted by Gasteiger charge is 2.23. The maximum atomic E-state index is 13.6. The Labute approximate surface area is 169 Å². The van der Waals surface area contributed by atoms with E-state index in [4.69, 9.17) is 0 Å². The van der Waals surface area contributed by atoms with Crippen LogP contribution in [-0.2, 0) is 16.0 Å². The van der Waals surface area contributed by atoms with Crippen LogP contribution in [0.15, 0.2) is 59.5 Å². The van der Waals surface area contributed by atoms with E-state index in [-0.39, 0.29) is 29.4 Å². The van der Waals surface area contributed by atoms with Gasteiger partial charge in [-0.25, -0.2) is 4.39 Å². The molecule has 0 radical (unpaired) electrons. The van der Waals surface area contributed by atoms with Gasteiger partial charge in [-0.3, -0.25) is 9.59 Å². The number of hydrogen-bond acceptors (Lipinski definition) is 3. The van der Waals surface area contributed by atoms with Crippen molar-refractivity contribution >= 4 is 23.6 Å². The Balaban J connectivity index is 1.36. The maximum absolute atomic E-state index is 13.6. The third kappa shape index (κ3) is 6.09. The molecule has 0 unspecified atom stereocenters. The van der Waals surface area contributed by atoms with E-state index < -0.39 is 0 Å². The Morgan fingerprint density at radius 3 is 2.43 bits per heavy atom. The molecule has 1 heterocycles. The van der Waals surface area contributed by atoms with E-state index in [1.165, 1.54) is 17.8 Å². The number of carbonyl (C=O) groups excluding carboxylic acids is 2. The quantitative estimate of drug-likeness (QED) is 0.722. The number of amides is 2. The van der Waals surface area contributed by atoms with E-state index in [1.54, 1.807) is 23.1 Å². The molecule has 0 atom stereocenters. The molecule has 0 saturated carbocycles. The Hall–Kier alpha value is -2.34. The summed E-state index contributed by atoms with van der Waals surface area (Å²) in [6, 6.07) is 16.6. The second kappa shape index (κ2) is 10.3. The molecule has 0 bridgehead atoms. The predicted molar refractivity (Wildman–Crippen MR) is 110 cm³/mol. The molecule has 2 aromatic rings. The highest BCUT2D eigenvalue weighted by Crippen LogP contribution is 2.22. The van der Waals surface area contributed by atoms with E-state index in [0.717, 1.165) is 24.8 Å². The van der Waals surface area contributed by atoms with Gasteiger partial charge in [0.2, 0.25) is 11.8 Å². The molecule has 2 aromatic carbocycles. The van der Waals surface area contributed by atoms with Crippen molar-refractivity contribution in [2.75, 3.05) is 18.8 Å². The molecule has 1 aliphatic heterocycles. The minimum Gasteiger partial charge on any atom is -0.353 e. The topological polar surface area (TPSA) is 49.4 Å². The molecule has 1 N–H and O–H groups in total. The number of aryl methyl sites for hydroxylation is 1. The predicted octanol–water partition coefficient (Wildman–Crippen LogP) is 3.66. The number of rotatable bonds is 7. The van der Waals surface area contributed by atoms with Crippen molar-refractivity contribution in [3.63, 3.8) is 0 Å². The fourth-order valence-electron chi connectivity index (χ4n) is 3.27. The number of halogens is 1. The van der Waals surface area contributed by atoms with E-state index in [0.29, 0.717) is 24.4 Å². The summed E-state index contributed by atoms with van der Waals surface area (Å²) in [6.07, 6.45) is 2.72. The van der Waals surface area contributed by atoms with Crippen LogP contribution in [0.4, 0.5) is 4.39 Å². The van der Waals surface area contributed by atoms with E-state index >= 15 is 0 Å². The summed E-state index contributed by atoms with van der Waals surface area (Å²) in [4.78, 5) is 26.8. The van der Waals surface area contributed by atoms with Crippen LogP contribution in [-0.4, -0.2) is 41.6 Å². The zero-order valence-electron chi connectivity index (χ0n) is 15.8. The fourth-order valence-corrected chi connectivity index (χ4v) is 4.11. The summed E-state index contributed by atoms with van der Waals surface area (Å²) < 4.78 is 13.6. The van der Waals surface area contributed by atoms with Crippen molar-refractivity contribution in [2.45, 2.75) is 36.6 Å². The molecular weight excluding hydrogens is 375 g/mol. The molecule has 2 amide bonds. The van der Waals surface area contributed by atoms with Gasteiger partial charge in [-0.05, 0) is 37.0 Å². The van der Waals surface area contributed by atoms with Gasteiger partial charge >= 0.3 is 0 Å². The zero-order valence-corrected chi connectivity index (χ0v) is 16.6. The average Bonchev–Trinajstić information content (AvgIpc) is 2.73. The molecule has 6 heteroatoms. The van der Waals surface area contributed by atoms with E-state index in [9.17, 15) is 14.0 Å². The summed E-state index contributed by atoms with van der Waals surface area (Å²) in [7, 11) is 0.